The molecule has 0 heterocycles. The van der Waals surface area contributed by atoms with E-state index in [0.717, 1.165) is 31.9 Å². The highest BCUT2D eigenvalue weighted by Crippen LogP contribution is 2.24. The number of benzene rings is 1. The molecule has 1 aliphatic carbocycles. The summed E-state index contributed by atoms with van der Waals surface area (Å²) in [5.74, 6) is -0.200. The minimum Gasteiger partial charge on any atom is -0.349 e. The van der Waals surface area contributed by atoms with E-state index in [4.69, 9.17) is 0 Å². The van der Waals surface area contributed by atoms with Crippen LogP contribution >= 0.6 is 15.9 Å². The van der Waals surface area contributed by atoms with Crippen molar-refractivity contribution < 1.29 is 13.2 Å². The van der Waals surface area contributed by atoms with Gasteiger partial charge in [0.25, 0.3) is 5.91 Å². The summed E-state index contributed by atoms with van der Waals surface area (Å²) >= 11 is 3.58. The minimum absolute atomic E-state index is 0.175. The van der Waals surface area contributed by atoms with E-state index in [0.29, 0.717) is 10.4 Å². The molecule has 2 rings (SSSR count). The van der Waals surface area contributed by atoms with Gasteiger partial charge in [-0.15, -0.1) is 0 Å². The third-order valence-electron chi connectivity index (χ3n) is 3.52. The summed E-state index contributed by atoms with van der Waals surface area (Å²) in [5.41, 5.74) is 0.397. The molecule has 1 aliphatic rings. The second-order valence-corrected chi connectivity index (χ2v) is 8.53. The standard InChI is InChI=1S/C14H18BrNO3S/c1-20(18,19)13-4-2-3-10(9-13)14(17)16-12-7-5-11(15)6-8-12/h2-4,9,11-12H,5-8H2,1H3,(H,16,17). The van der Waals surface area contributed by atoms with Crippen LogP contribution in [0.1, 0.15) is 36.0 Å². The molecule has 0 spiro atoms. The lowest BCUT2D eigenvalue weighted by molar-refractivity contribution is 0.0928. The Kier molecular flexibility index (Phi) is 4.86. The zero-order chi connectivity index (χ0) is 14.8. The van der Waals surface area contributed by atoms with Crippen molar-refractivity contribution in [3.8, 4) is 0 Å². The lowest BCUT2D eigenvalue weighted by Crippen LogP contribution is -2.37. The van der Waals surface area contributed by atoms with Gasteiger partial charge in [0.2, 0.25) is 0 Å². The molecule has 0 aromatic heterocycles. The number of amides is 1. The van der Waals surface area contributed by atoms with Crippen molar-refractivity contribution in [2.24, 2.45) is 0 Å². The molecular formula is C14H18BrNO3S. The smallest absolute Gasteiger partial charge is 0.251 e. The average molecular weight is 360 g/mol. The number of nitrogens with one attached hydrogen (secondary N) is 1. The Morgan fingerprint density at radius 1 is 1.25 bits per heavy atom. The summed E-state index contributed by atoms with van der Waals surface area (Å²) in [6.07, 6.45) is 5.14. The van der Waals surface area contributed by atoms with Gasteiger partial charge in [-0.05, 0) is 43.9 Å². The zero-order valence-electron chi connectivity index (χ0n) is 11.3. The van der Waals surface area contributed by atoms with E-state index in [9.17, 15) is 13.2 Å². The fourth-order valence-electron chi connectivity index (χ4n) is 2.33. The molecule has 1 fully saturated rings. The van der Waals surface area contributed by atoms with Gasteiger partial charge in [0, 0.05) is 22.7 Å². The fraction of sp³-hybridized carbons (Fsp3) is 0.500. The summed E-state index contributed by atoms with van der Waals surface area (Å²) in [5, 5.41) is 2.98. The van der Waals surface area contributed by atoms with Crippen LogP contribution in [-0.4, -0.2) is 31.4 Å². The van der Waals surface area contributed by atoms with Crippen LogP contribution < -0.4 is 5.32 Å². The fourth-order valence-corrected chi connectivity index (χ4v) is 3.53. The van der Waals surface area contributed by atoms with E-state index in [-0.39, 0.29) is 16.8 Å². The number of rotatable bonds is 3. The monoisotopic (exact) mass is 359 g/mol. The molecule has 1 N–H and O–H groups in total. The minimum atomic E-state index is -3.29. The molecule has 1 aromatic rings. The zero-order valence-corrected chi connectivity index (χ0v) is 13.7. The van der Waals surface area contributed by atoms with Gasteiger partial charge in [-0.3, -0.25) is 4.79 Å². The van der Waals surface area contributed by atoms with Gasteiger partial charge in [-0.1, -0.05) is 22.0 Å². The number of hydrogen-bond acceptors (Lipinski definition) is 3. The number of halogens is 1. The number of alkyl halides is 1. The van der Waals surface area contributed by atoms with E-state index in [2.05, 4.69) is 21.2 Å². The van der Waals surface area contributed by atoms with Crippen molar-refractivity contribution in [2.75, 3.05) is 6.26 Å². The molecule has 1 aromatic carbocycles. The molecule has 1 amide bonds. The van der Waals surface area contributed by atoms with Crippen LogP contribution in [0.25, 0.3) is 0 Å². The Hall–Kier alpha value is -0.880. The number of carbonyl (C=O) groups is 1. The quantitative estimate of drug-likeness (QED) is 0.843. The molecule has 4 nitrogen and oxygen atoms in total. The lowest BCUT2D eigenvalue weighted by atomic mass is 9.95. The van der Waals surface area contributed by atoms with Gasteiger partial charge in [-0.25, -0.2) is 8.42 Å². The molecule has 0 aliphatic heterocycles. The average Bonchev–Trinajstić information content (AvgIpc) is 2.40. The topological polar surface area (TPSA) is 63.2 Å². The van der Waals surface area contributed by atoms with Crippen LogP contribution in [0.3, 0.4) is 0 Å². The molecule has 6 heteroatoms. The highest BCUT2D eigenvalue weighted by atomic mass is 79.9. The van der Waals surface area contributed by atoms with Crippen molar-refractivity contribution in [1.82, 2.24) is 5.32 Å². The van der Waals surface area contributed by atoms with Gasteiger partial charge in [0.15, 0.2) is 9.84 Å². The Morgan fingerprint density at radius 3 is 2.50 bits per heavy atom. The number of hydrogen-bond donors (Lipinski definition) is 1. The van der Waals surface area contributed by atoms with Crippen molar-refractivity contribution in [1.29, 1.82) is 0 Å². The summed E-state index contributed by atoms with van der Waals surface area (Å²) in [7, 11) is -3.29. The van der Waals surface area contributed by atoms with Crippen LogP contribution in [0.5, 0.6) is 0 Å². The molecule has 0 saturated heterocycles. The van der Waals surface area contributed by atoms with Crippen LogP contribution in [0.15, 0.2) is 29.2 Å². The first-order chi connectivity index (χ1) is 9.36. The van der Waals surface area contributed by atoms with Crippen LogP contribution in [0.4, 0.5) is 0 Å². The Balaban J connectivity index is 2.06. The second-order valence-electron chi connectivity index (χ2n) is 5.22. The Labute approximate surface area is 128 Å². The van der Waals surface area contributed by atoms with Gasteiger partial charge in [0.1, 0.15) is 0 Å². The van der Waals surface area contributed by atoms with E-state index in [1.807, 2.05) is 0 Å². The summed E-state index contributed by atoms with van der Waals surface area (Å²) in [4.78, 5) is 12.9. The van der Waals surface area contributed by atoms with E-state index in [1.54, 1.807) is 12.1 Å². The summed E-state index contributed by atoms with van der Waals surface area (Å²) < 4.78 is 23.0. The second kappa shape index (κ2) is 6.26. The predicted molar refractivity (Wildman–Crippen MR) is 82.0 cm³/mol. The maximum atomic E-state index is 12.2. The Bertz CT molecular complexity index is 592. The Morgan fingerprint density at radius 2 is 1.90 bits per heavy atom. The molecule has 0 bridgehead atoms. The SMILES string of the molecule is CS(=O)(=O)c1cccc(C(=O)NC2CCC(Br)CC2)c1. The summed E-state index contributed by atoms with van der Waals surface area (Å²) in [6.45, 7) is 0. The van der Waals surface area contributed by atoms with Crippen molar-refractivity contribution >= 4 is 31.7 Å². The third kappa shape index (κ3) is 4.06. The number of sulfone groups is 1. The van der Waals surface area contributed by atoms with Crippen molar-refractivity contribution in [3.05, 3.63) is 29.8 Å². The van der Waals surface area contributed by atoms with Gasteiger partial charge < -0.3 is 5.32 Å². The van der Waals surface area contributed by atoms with Gasteiger partial charge in [0.05, 0.1) is 4.90 Å². The van der Waals surface area contributed by atoms with Gasteiger partial charge >= 0.3 is 0 Å². The summed E-state index contributed by atoms with van der Waals surface area (Å²) in [6, 6.07) is 6.35. The molecule has 0 atom stereocenters. The van der Waals surface area contributed by atoms with Crippen LogP contribution in [0, 0.1) is 0 Å². The van der Waals surface area contributed by atoms with Gasteiger partial charge in [-0.2, -0.15) is 0 Å². The molecule has 1 saturated carbocycles. The highest BCUT2D eigenvalue weighted by molar-refractivity contribution is 9.09. The first kappa shape index (κ1) is 15.5. The highest BCUT2D eigenvalue weighted by Gasteiger charge is 2.21. The predicted octanol–water partition coefficient (Wildman–Crippen LogP) is 2.53. The molecule has 0 radical (unpaired) electrons. The molecule has 0 unspecified atom stereocenters. The van der Waals surface area contributed by atoms with Crippen molar-refractivity contribution in [3.63, 3.8) is 0 Å². The van der Waals surface area contributed by atoms with E-state index >= 15 is 0 Å². The maximum Gasteiger partial charge on any atom is 0.251 e. The largest absolute Gasteiger partial charge is 0.349 e. The first-order valence-corrected chi connectivity index (χ1v) is 9.42. The lowest BCUT2D eigenvalue weighted by Gasteiger charge is -2.26. The van der Waals surface area contributed by atoms with Crippen molar-refractivity contribution in [2.45, 2.75) is 41.4 Å². The number of carbonyl (C=O) groups excluding carboxylic acids is 1. The van der Waals surface area contributed by atoms with Crippen LogP contribution in [0.2, 0.25) is 0 Å². The van der Waals surface area contributed by atoms with E-state index < -0.39 is 9.84 Å². The third-order valence-corrected chi connectivity index (χ3v) is 5.54. The maximum absolute atomic E-state index is 12.2. The van der Waals surface area contributed by atoms with Crippen LogP contribution in [-0.2, 0) is 9.84 Å². The molecule has 20 heavy (non-hydrogen) atoms. The normalized spacial score (nSPS) is 23.3. The molecule has 110 valence electrons. The van der Waals surface area contributed by atoms with E-state index in [1.165, 1.54) is 12.1 Å². The molecular weight excluding hydrogens is 342 g/mol. The first-order valence-electron chi connectivity index (χ1n) is 6.61.